The van der Waals surface area contributed by atoms with Gasteiger partial charge in [-0.1, -0.05) is 0 Å². The van der Waals surface area contributed by atoms with E-state index in [1.165, 1.54) is 0 Å². The van der Waals surface area contributed by atoms with Crippen molar-refractivity contribution in [2.24, 2.45) is 0 Å². The zero-order valence-electron chi connectivity index (χ0n) is 8.10. The van der Waals surface area contributed by atoms with Gasteiger partial charge in [-0.25, -0.2) is 0 Å². The molecule has 14 heavy (non-hydrogen) atoms. The predicted octanol–water partition coefficient (Wildman–Crippen LogP) is 0.419. The first-order valence-corrected chi connectivity index (χ1v) is 5.39. The van der Waals surface area contributed by atoms with Crippen molar-refractivity contribution in [1.29, 1.82) is 0 Å². The van der Waals surface area contributed by atoms with Crippen LogP contribution in [0.25, 0.3) is 0 Å². The van der Waals surface area contributed by atoms with Crippen molar-refractivity contribution in [3.8, 4) is 0 Å². The molecule has 0 aromatic rings. The third kappa shape index (κ3) is 1.35. The number of rotatable bonds is 3. The molecule has 6 heteroatoms. The van der Waals surface area contributed by atoms with Crippen LogP contribution in [0.2, 0.25) is 0 Å². The van der Waals surface area contributed by atoms with Crippen molar-refractivity contribution in [3.63, 3.8) is 0 Å². The van der Waals surface area contributed by atoms with Crippen LogP contribution in [-0.4, -0.2) is 51.5 Å². The van der Waals surface area contributed by atoms with Gasteiger partial charge in [0.25, 0.3) is 0 Å². The molecule has 0 aliphatic carbocycles. The summed E-state index contributed by atoms with van der Waals surface area (Å²) in [4.78, 5) is 0. The minimum absolute atomic E-state index is 0.0491. The van der Waals surface area contributed by atoms with E-state index < -0.39 is 11.6 Å². The Labute approximate surface area is 98.7 Å². The third-order valence-corrected chi connectivity index (χ3v) is 3.52. The Morgan fingerprint density at radius 2 is 2.29 bits per heavy atom. The van der Waals surface area contributed by atoms with E-state index in [-0.39, 0.29) is 18.3 Å². The SMILES string of the molecule is [B]C1OC2(COC)C(C)OC1C2OI. The molecule has 78 valence electrons. The van der Waals surface area contributed by atoms with Crippen LogP contribution in [0.15, 0.2) is 0 Å². The summed E-state index contributed by atoms with van der Waals surface area (Å²) in [6.07, 6.45) is -0.378. The first-order valence-electron chi connectivity index (χ1n) is 4.51. The highest BCUT2D eigenvalue weighted by atomic mass is 127. The maximum absolute atomic E-state index is 5.78. The summed E-state index contributed by atoms with van der Waals surface area (Å²) < 4.78 is 21.9. The Morgan fingerprint density at radius 3 is 2.86 bits per heavy atom. The second-order valence-corrected chi connectivity index (χ2v) is 4.23. The number of halogens is 1. The Bertz CT molecular complexity index is 229. The Balaban J connectivity index is 2.25. The molecule has 0 spiro atoms. The summed E-state index contributed by atoms with van der Waals surface area (Å²) in [5, 5.41) is 0. The van der Waals surface area contributed by atoms with Crippen molar-refractivity contribution >= 4 is 30.9 Å². The van der Waals surface area contributed by atoms with Gasteiger partial charge in [-0.3, -0.25) is 0 Å². The molecule has 2 rings (SSSR count). The first kappa shape index (κ1) is 11.1. The topological polar surface area (TPSA) is 36.9 Å². The summed E-state index contributed by atoms with van der Waals surface area (Å²) in [5.41, 5.74) is -0.542. The molecule has 5 atom stereocenters. The van der Waals surface area contributed by atoms with Crippen LogP contribution >= 0.6 is 23.0 Å². The fraction of sp³-hybridized carbons (Fsp3) is 1.00. The second kappa shape index (κ2) is 3.90. The van der Waals surface area contributed by atoms with Crippen LogP contribution in [0.1, 0.15) is 6.92 Å². The summed E-state index contributed by atoms with van der Waals surface area (Å²) >= 11 is 1.86. The monoisotopic (exact) mass is 310 g/mol. The predicted molar refractivity (Wildman–Crippen MR) is 58.5 cm³/mol. The van der Waals surface area contributed by atoms with Gasteiger partial charge in [-0.05, 0) is 6.92 Å². The molecule has 2 aliphatic rings. The highest BCUT2D eigenvalue weighted by molar-refractivity contribution is 14.1. The number of hydrogen-bond acceptors (Lipinski definition) is 4. The molecule has 2 radical (unpaired) electrons. The van der Waals surface area contributed by atoms with Crippen LogP contribution in [-0.2, 0) is 17.3 Å². The molecular weight excluding hydrogens is 298 g/mol. The lowest BCUT2D eigenvalue weighted by Gasteiger charge is -2.34. The van der Waals surface area contributed by atoms with Crippen molar-refractivity contribution in [2.45, 2.75) is 36.8 Å². The molecule has 5 unspecified atom stereocenters. The summed E-state index contributed by atoms with van der Waals surface area (Å²) in [7, 11) is 7.41. The molecule has 0 amide bonds. The number of hydrogen-bond donors (Lipinski definition) is 0. The van der Waals surface area contributed by atoms with Crippen LogP contribution < -0.4 is 0 Å². The van der Waals surface area contributed by atoms with E-state index in [4.69, 9.17) is 25.1 Å². The largest absolute Gasteiger partial charge is 0.381 e. The quantitative estimate of drug-likeness (QED) is 0.559. The van der Waals surface area contributed by atoms with Gasteiger partial charge in [0.15, 0.2) is 0 Å². The molecule has 2 bridgehead atoms. The Kier molecular flexibility index (Phi) is 3.10. The second-order valence-electron chi connectivity index (χ2n) is 3.72. The molecule has 0 N–H and O–H groups in total. The van der Waals surface area contributed by atoms with Crippen molar-refractivity contribution in [1.82, 2.24) is 0 Å². The molecule has 4 nitrogen and oxygen atoms in total. The molecule has 2 saturated heterocycles. The summed E-state index contributed by atoms with van der Waals surface area (Å²) in [6.45, 7) is 2.39. The van der Waals surface area contributed by atoms with Crippen LogP contribution in [0.5, 0.6) is 0 Å². The molecule has 2 aliphatic heterocycles. The molecule has 0 aromatic heterocycles. The normalized spacial score (nSPS) is 51.4. The van der Waals surface area contributed by atoms with Gasteiger partial charge in [0.1, 0.15) is 48.7 Å². The fourth-order valence-electron chi connectivity index (χ4n) is 2.25. The van der Waals surface area contributed by atoms with Crippen molar-refractivity contribution < 1.29 is 17.3 Å². The van der Waals surface area contributed by atoms with Crippen LogP contribution in [0.4, 0.5) is 0 Å². The molecule has 0 aromatic carbocycles. The standard InChI is InChI=1S/C8H12BIO4/c1-4-8(3-11-2)6(14-10)5(12-4)7(9)13-8/h4-7H,3H2,1-2H3. The highest BCUT2D eigenvalue weighted by Gasteiger charge is 2.64. The van der Waals surface area contributed by atoms with Crippen molar-refractivity contribution in [2.75, 3.05) is 13.7 Å². The van der Waals surface area contributed by atoms with E-state index in [0.29, 0.717) is 6.61 Å². The average Bonchev–Trinajstić information content (AvgIpc) is 2.54. The van der Waals surface area contributed by atoms with Gasteiger partial charge in [0.2, 0.25) is 0 Å². The lowest BCUT2D eigenvalue weighted by Crippen LogP contribution is -2.50. The van der Waals surface area contributed by atoms with E-state index in [1.54, 1.807) is 7.11 Å². The zero-order chi connectivity index (χ0) is 10.3. The highest BCUT2D eigenvalue weighted by Crippen LogP contribution is 2.45. The smallest absolute Gasteiger partial charge is 0.146 e. The van der Waals surface area contributed by atoms with Gasteiger partial charge in [0, 0.05) is 13.1 Å². The summed E-state index contributed by atoms with van der Waals surface area (Å²) in [6, 6.07) is -0.416. The summed E-state index contributed by atoms with van der Waals surface area (Å²) in [5.74, 6) is 0. The van der Waals surface area contributed by atoms with Gasteiger partial charge in [-0.2, -0.15) is 0 Å². The minimum Gasteiger partial charge on any atom is -0.381 e. The molecule has 2 heterocycles. The van der Waals surface area contributed by atoms with E-state index in [2.05, 4.69) is 0 Å². The van der Waals surface area contributed by atoms with Gasteiger partial charge in [0.05, 0.1) is 12.7 Å². The maximum atomic E-state index is 5.78. The fourth-order valence-corrected chi connectivity index (χ4v) is 2.97. The molecule has 0 saturated carbocycles. The van der Waals surface area contributed by atoms with Gasteiger partial charge < -0.3 is 17.3 Å². The lowest BCUT2D eigenvalue weighted by atomic mass is 9.91. The maximum Gasteiger partial charge on any atom is 0.146 e. The number of methoxy groups -OCH3 is 1. The Morgan fingerprint density at radius 1 is 1.57 bits per heavy atom. The zero-order valence-corrected chi connectivity index (χ0v) is 10.3. The van der Waals surface area contributed by atoms with E-state index >= 15 is 0 Å². The van der Waals surface area contributed by atoms with Gasteiger partial charge >= 0.3 is 0 Å². The number of fused-ring (bicyclic) bond motifs is 2. The van der Waals surface area contributed by atoms with Gasteiger partial charge in [-0.15, -0.1) is 0 Å². The Hall–Kier alpha value is 0.635. The van der Waals surface area contributed by atoms with E-state index in [1.807, 2.05) is 29.9 Å². The van der Waals surface area contributed by atoms with Crippen LogP contribution in [0.3, 0.4) is 0 Å². The van der Waals surface area contributed by atoms with Crippen LogP contribution in [0, 0.1) is 0 Å². The van der Waals surface area contributed by atoms with E-state index in [9.17, 15) is 0 Å². The molecule has 2 fully saturated rings. The molecular formula is C8H12BIO4. The minimum atomic E-state index is -0.542. The van der Waals surface area contributed by atoms with E-state index in [0.717, 1.165) is 0 Å². The third-order valence-electron chi connectivity index (χ3n) is 2.97. The lowest BCUT2D eigenvalue weighted by molar-refractivity contribution is -0.175. The first-order chi connectivity index (χ1) is 6.65. The average molecular weight is 310 g/mol. The number of ether oxygens (including phenoxy) is 3. The van der Waals surface area contributed by atoms with Crippen molar-refractivity contribution in [3.05, 3.63) is 0 Å².